The first-order valence-electron chi connectivity index (χ1n) is 6.52. The molecule has 1 fully saturated rings. The van der Waals surface area contributed by atoms with Gasteiger partial charge >= 0.3 is 0 Å². The Hall–Kier alpha value is -1.76. The smallest absolute Gasteiger partial charge is 0.149 e. The summed E-state index contributed by atoms with van der Waals surface area (Å²) in [7, 11) is 0. The van der Waals surface area contributed by atoms with Gasteiger partial charge in [0.1, 0.15) is 11.9 Å². The normalized spacial score (nSPS) is 27.5. The molecule has 1 heterocycles. The number of hydrogen-bond donors (Lipinski definition) is 2. The first-order valence-corrected chi connectivity index (χ1v) is 6.52. The van der Waals surface area contributed by atoms with E-state index in [9.17, 15) is 0 Å². The van der Waals surface area contributed by atoms with Gasteiger partial charge in [0.15, 0.2) is 0 Å². The minimum atomic E-state index is 0.434. The summed E-state index contributed by atoms with van der Waals surface area (Å²) in [5.41, 5.74) is 6.97. The molecule has 4 nitrogen and oxygen atoms in total. The number of nitrogens with zero attached hydrogens (tertiary/aromatic N) is 2. The Morgan fingerprint density at radius 3 is 2.83 bits per heavy atom. The number of pyridine rings is 1. The van der Waals surface area contributed by atoms with Crippen LogP contribution in [0.1, 0.15) is 38.7 Å². The lowest BCUT2D eigenvalue weighted by atomic mass is 9.80. The van der Waals surface area contributed by atoms with E-state index in [0.717, 1.165) is 12.3 Å². The minimum absolute atomic E-state index is 0.434. The third-order valence-corrected chi connectivity index (χ3v) is 3.80. The predicted molar refractivity (Wildman–Crippen MR) is 73.0 cm³/mol. The van der Waals surface area contributed by atoms with Crippen LogP contribution in [0, 0.1) is 23.2 Å². The van der Waals surface area contributed by atoms with Crippen molar-refractivity contribution in [2.24, 2.45) is 11.8 Å². The number of anilines is 2. The van der Waals surface area contributed by atoms with Gasteiger partial charge in [-0.05, 0) is 37.2 Å². The molecule has 3 unspecified atom stereocenters. The Morgan fingerprint density at radius 2 is 2.22 bits per heavy atom. The Balaban J connectivity index is 2.08. The molecule has 0 spiro atoms. The number of hydrogen-bond acceptors (Lipinski definition) is 4. The van der Waals surface area contributed by atoms with E-state index in [4.69, 9.17) is 11.0 Å². The van der Waals surface area contributed by atoms with Gasteiger partial charge in [-0.3, -0.25) is 0 Å². The van der Waals surface area contributed by atoms with Crippen LogP contribution in [0.3, 0.4) is 0 Å². The minimum Gasteiger partial charge on any atom is -0.396 e. The van der Waals surface area contributed by atoms with E-state index in [-0.39, 0.29) is 0 Å². The Labute approximate surface area is 108 Å². The molecule has 4 heteroatoms. The summed E-state index contributed by atoms with van der Waals surface area (Å²) in [6.07, 6.45) is 5.21. The number of rotatable bonds is 2. The number of nitrogen functional groups attached to an aromatic ring is 1. The van der Waals surface area contributed by atoms with Crippen molar-refractivity contribution in [1.29, 1.82) is 5.26 Å². The van der Waals surface area contributed by atoms with E-state index >= 15 is 0 Å². The zero-order valence-electron chi connectivity index (χ0n) is 11.0. The summed E-state index contributed by atoms with van der Waals surface area (Å²) in [6.45, 7) is 4.58. The van der Waals surface area contributed by atoms with Crippen molar-refractivity contribution in [2.75, 3.05) is 11.1 Å². The maximum Gasteiger partial charge on any atom is 0.149 e. The largest absolute Gasteiger partial charge is 0.396 e. The summed E-state index contributed by atoms with van der Waals surface area (Å²) < 4.78 is 0. The molecule has 96 valence electrons. The molecule has 0 bridgehead atoms. The molecule has 2 rings (SSSR count). The zero-order chi connectivity index (χ0) is 13.1. The van der Waals surface area contributed by atoms with Crippen molar-refractivity contribution in [3.8, 4) is 6.07 Å². The standard InChI is InChI=1S/C14H20N4/c1-9-3-4-13(10(2)5-9)18-14-12(16)6-11(7-15)8-17-14/h6,8-10,13H,3-5,16H2,1-2H3,(H,17,18). The molecule has 0 radical (unpaired) electrons. The van der Waals surface area contributed by atoms with Gasteiger partial charge in [0.2, 0.25) is 0 Å². The van der Waals surface area contributed by atoms with Crippen molar-refractivity contribution >= 4 is 11.5 Å². The second-order valence-corrected chi connectivity index (χ2v) is 5.42. The first kappa shape index (κ1) is 12.7. The van der Waals surface area contributed by atoms with Crippen molar-refractivity contribution in [3.63, 3.8) is 0 Å². The molecule has 1 aromatic heterocycles. The highest BCUT2D eigenvalue weighted by molar-refractivity contribution is 5.63. The molecule has 0 aromatic carbocycles. The number of nitrogens with two attached hydrogens (primary N) is 1. The molecule has 18 heavy (non-hydrogen) atoms. The molecule has 0 amide bonds. The van der Waals surface area contributed by atoms with E-state index in [0.29, 0.717) is 29.0 Å². The topological polar surface area (TPSA) is 74.7 Å². The summed E-state index contributed by atoms with van der Waals surface area (Å²) in [4.78, 5) is 4.24. The SMILES string of the molecule is CC1CCC(Nc2ncc(C#N)cc2N)C(C)C1. The molecule has 3 N–H and O–H groups in total. The lowest BCUT2D eigenvalue weighted by molar-refractivity contribution is 0.276. The van der Waals surface area contributed by atoms with Gasteiger partial charge in [-0.2, -0.15) is 5.26 Å². The summed E-state index contributed by atoms with van der Waals surface area (Å²) in [5, 5.41) is 12.2. The maximum atomic E-state index is 8.78. The Kier molecular flexibility index (Phi) is 3.71. The lowest BCUT2D eigenvalue weighted by Gasteiger charge is -2.33. The van der Waals surface area contributed by atoms with Crippen LogP contribution in [0.15, 0.2) is 12.3 Å². The fraction of sp³-hybridized carbons (Fsp3) is 0.571. The van der Waals surface area contributed by atoms with Crippen LogP contribution in [0.2, 0.25) is 0 Å². The number of aromatic nitrogens is 1. The maximum absolute atomic E-state index is 8.78. The van der Waals surface area contributed by atoms with E-state index in [1.54, 1.807) is 12.3 Å². The first-order chi connectivity index (χ1) is 8.60. The second-order valence-electron chi connectivity index (χ2n) is 5.42. The highest BCUT2D eigenvalue weighted by Crippen LogP contribution is 2.31. The summed E-state index contributed by atoms with van der Waals surface area (Å²) >= 11 is 0. The van der Waals surface area contributed by atoms with Gasteiger partial charge in [0, 0.05) is 12.2 Å². The molecule has 3 atom stereocenters. The fourth-order valence-corrected chi connectivity index (χ4v) is 2.72. The third-order valence-electron chi connectivity index (χ3n) is 3.80. The molecule has 0 aliphatic heterocycles. The van der Waals surface area contributed by atoms with Crippen molar-refractivity contribution in [1.82, 2.24) is 4.98 Å². The highest BCUT2D eigenvalue weighted by atomic mass is 15.0. The molecule has 1 aliphatic carbocycles. The van der Waals surface area contributed by atoms with Crippen LogP contribution in [-0.4, -0.2) is 11.0 Å². The molecule has 0 saturated heterocycles. The second kappa shape index (κ2) is 5.26. The van der Waals surface area contributed by atoms with Crippen molar-refractivity contribution in [3.05, 3.63) is 17.8 Å². The Bertz CT molecular complexity index is 463. The van der Waals surface area contributed by atoms with Gasteiger partial charge in [-0.25, -0.2) is 4.98 Å². The van der Waals surface area contributed by atoms with Gasteiger partial charge in [0.05, 0.1) is 11.3 Å². The van der Waals surface area contributed by atoms with Gasteiger partial charge < -0.3 is 11.1 Å². The van der Waals surface area contributed by atoms with E-state index in [2.05, 4.69) is 24.1 Å². The van der Waals surface area contributed by atoms with Crippen molar-refractivity contribution < 1.29 is 0 Å². The fourth-order valence-electron chi connectivity index (χ4n) is 2.72. The zero-order valence-corrected chi connectivity index (χ0v) is 11.0. The average Bonchev–Trinajstić information content (AvgIpc) is 2.34. The van der Waals surface area contributed by atoms with E-state index in [1.807, 2.05) is 6.07 Å². The van der Waals surface area contributed by atoms with Gasteiger partial charge in [0.25, 0.3) is 0 Å². The van der Waals surface area contributed by atoms with Gasteiger partial charge in [-0.15, -0.1) is 0 Å². The van der Waals surface area contributed by atoms with E-state index < -0.39 is 0 Å². The number of nitriles is 1. The summed E-state index contributed by atoms with van der Waals surface area (Å²) in [5.74, 6) is 2.15. The van der Waals surface area contributed by atoms with Crippen LogP contribution in [-0.2, 0) is 0 Å². The van der Waals surface area contributed by atoms with Crippen LogP contribution in [0.4, 0.5) is 11.5 Å². The highest BCUT2D eigenvalue weighted by Gasteiger charge is 2.25. The van der Waals surface area contributed by atoms with Crippen LogP contribution in [0.5, 0.6) is 0 Å². The quantitative estimate of drug-likeness (QED) is 0.838. The van der Waals surface area contributed by atoms with Crippen LogP contribution in [0.25, 0.3) is 0 Å². The number of nitrogens with one attached hydrogen (secondary N) is 1. The monoisotopic (exact) mass is 244 g/mol. The average molecular weight is 244 g/mol. The Morgan fingerprint density at radius 1 is 1.44 bits per heavy atom. The van der Waals surface area contributed by atoms with Crippen molar-refractivity contribution in [2.45, 2.75) is 39.2 Å². The lowest BCUT2D eigenvalue weighted by Crippen LogP contribution is -2.33. The van der Waals surface area contributed by atoms with Crippen LogP contribution >= 0.6 is 0 Å². The molecular formula is C14H20N4. The van der Waals surface area contributed by atoms with Crippen LogP contribution < -0.4 is 11.1 Å². The molecule has 1 aromatic rings. The molecule has 1 aliphatic rings. The molecule has 1 saturated carbocycles. The van der Waals surface area contributed by atoms with Gasteiger partial charge in [-0.1, -0.05) is 13.8 Å². The third kappa shape index (κ3) is 2.73. The summed E-state index contributed by atoms with van der Waals surface area (Å²) in [6, 6.07) is 4.15. The molecular weight excluding hydrogens is 224 g/mol. The predicted octanol–water partition coefficient (Wildman–Crippen LogP) is 2.77. The van der Waals surface area contributed by atoms with E-state index in [1.165, 1.54) is 12.8 Å².